The summed E-state index contributed by atoms with van der Waals surface area (Å²) >= 11 is 0. The lowest BCUT2D eigenvalue weighted by atomic mass is 10.1. The number of phenolic OH excluding ortho intramolecular Hbond substituents is 1. The van der Waals surface area contributed by atoms with Crippen LogP contribution < -0.4 is 16.4 Å². The third-order valence-electron chi connectivity index (χ3n) is 5.01. The van der Waals surface area contributed by atoms with E-state index in [4.69, 9.17) is 5.73 Å². The van der Waals surface area contributed by atoms with Gasteiger partial charge in [-0.2, -0.15) is 0 Å². The maximum absolute atomic E-state index is 12.0. The zero-order valence-electron chi connectivity index (χ0n) is 21.6. The number of hydrogen-bond acceptors (Lipinski definition) is 5. The van der Waals surface area contributed by atoms with Crippen molar-refractivity contribution in [2.24, 2.45) is 5.73 Å². The smallest absolute Gasteiger partial charge is 0.326 e. The molecule has 3 aromatic rings. The van der Waals surface area contributed by atoms with E-state index in [9.17, 15) is 24.6 Å². The van der Waals surface area contributed by atoms with E-state index in [2.05, 4.69) is 29.7 Å². The Morgan fingerprint density at radius 1 is 0.811 bits per heavy atom. The minimum absolute atomic E-state index is 0.0445. The molecule has 3 aromatic carbocycles. The number of benzene rings is 3. The number of carboxylic acid groups (broad SMARTS) is 1. The second-order valence-electron chi connectivity index (χ2n) is 8.00. The number of aromatic hydroxyl groups is 1. The van der Waals surface area contributed by atoms with Gasteiger partial charge in [-0.3, -0.25) is 9.59 Å². The molecule has 6 N–H and O–H groups in total. The first kappa shape index (κ1) is 30.9. The van der Waals surface area contributed by atoms with Gasteiger partial charge in [-0.05, 0) is 36.6 Å². The number of aryl methyl sites for hydroxylation is 1. The molecule has 8 heteroatoms. The van der Waals surface area contributed by atoms with Crippen LogP contribution in [-0.4, -0.2) is 46.6 Å². The SMILES string of the molecule is CC.Cc1ccccc1.NC(Cc1ccccc1)C(=O)NCC(=O)NC(Cc1ccc(O)cc1)C(=O)O. The molecule has 0 spiro atoms. The number of carboxylic acids is 1. The van der Waals surface area contributed by atoms with Crippen molar-refractivity contribution in [3.63, 3.8) is 0 Å². The number of hydrogen-bond donors (Lipinski definition) is 5. The summed E-state index contributed by atoms with van der Waals surface area (Å²) in [5, 5.41) is 23.3. The molecule has 0 radical (unpaired) electrons. The van der Waals surface area contributed by atoms with Crippen LogP contribution in [0.25, 0.3) is 0 Å². The van der Waals surface area contributed by atoms with Crippen molar-refractivity contribution < 1.29 is 24.6 Å². The Bertz CT molecular complexity index is 1070. The summed E-state index contributed by atoms with van der Waals surface area (Å²) < 4.78 is 0. The van der Waals surface area contributed by atoms with E-state index in [1.165, 1.54) is 17.7 Å². The summed E-state index contributed by atoms with van der Waals surface area (Å²) in [5.74, 6) is -2.27. The van der Waals surface area contributed by atoms with Crippen molar-refractivity contribution in [2.45, 2.75) is 45.7 Å². The van der Waals surface area contributed by atoms with Crippen molar-refractivity contribution in [2.75, 3.05) is 6.54 Å². The Hall–Kier alpha value is -4.17. The van der Waals surface area contributed by atoms with Gasteiger partial charge in [-0.15, -0.1) is 0 Å². The van der Waals surface area contributed by atoms with Crippen molar-refractivity contribution in [1.29, 1.82) is 0 Å². The number of carbonyl (C=O) groups is 3. The molecule has 37 heavy (non-hydrogen) atoms. The molecule has 198 valence electrons. The average molecular weight is 508 g/mol. The van der Waals surface area contributed by atoms with Crippen molar-refractivity contribution >= 4 is 17.8 Å². The fraction of sp³-hybridized carbons (Fsp3) is 0.276. The summed E-state index contributed by atoms with van der Waals surface area (Å²) in [5.41, 5.74) is 8.70. The molecule has 0 aliphatic carbocycles. The van der Waals surface area contributed by atoms with E-state index in [-0.39, 0.29) is 18.7 Å². The summed E-state index contributed by atoms with van der Waals surface area (Å²) in [4.78, 5) is 35.4. The lowest BCUT2D eigenvalue weighted by Crippen LogP contribution is -2.49. The first-order valence-corrected chi connectivity index (χ1v) is 12.1. The maximum atomic E-state index is 12.0. The number of carbonyl (C=O) groups excluding carboxylic acids is 2. The zero-order chi connectivity index (χ0) is 27.6. The van der Waals surface area contributed by atoms with Gasteiger partial charge in [0.25, 0.3) is 0 Å². The van der Waals surface area contributed by atoms with Crippen molar-refractivity contribution in [1.82, 2.24) is 10.6 Å². The highest BCUT2D eigenvalue weighted by atomic mass is 16.4. The van der Waals surface area contributed by atoms with E-state index in [0.717, 1.165) is 5.56 Å². The molecule has 8 nitrogen and oxygen atoms in total. The van der Waals surface area contributed by atoms with Gasteiger partial charge in [-0.25, -0.2) is 4.79 Å². The second-order valence-corrected chi connectivity index (χ2v) is 8.00. The highest BCUT2D eigenvalue weighted by molar-refractivity contribution is 5.89. The standard InChI is InChI=1S/C20H23N3O5.C7H8.C2H6/c21-16(10-13-4-2-1-3-5-13)19(26)22-12-18(25)23-17(20(27)28)11-14-6-8-15(24)9-7-14;1-7-5-3-2-4-6-7;1-2/h1-9,16-17,24H,10-12,21H2,(H,22,26)(H,23,25)(H,27,28);2-6H,1H3;1-2H3. The molecule has 0 saturated carbocycles. The maximum Gasteiger partial charge on any atom is 0.326 e. The average Bonchev–Trinajstić information content (AvgIpc) is 2.90. The fourth-order valence-corrected chi connectivity index (χ4v) is 3.11. The summed E-state index contributed by atoms with van der Waals surface area (Å²) in [6.07, 6.45) is 0.371. The molecule has 0 aromatic heterocycles. The summed E-state index contributed by atoms with van der Waals surface area (Å²) in [6, 6.07) is 23.5. The molecule has 0 bridgehead atoms. The number of amides is 2. The largest absolute Gasteiger partial charge is 0.508 e. The van der Waals surface area contributed by atoms with E-state index >= 15 is 0 Å². The van der Waals surface area contributed by atoms with Crippen LogP contribution in [0.15, 0.2) is 84.9 Å². The first-order valence-electron chi connectivity index (χ1n) is 12.1. The van der Waals surface area contributed by atoms with Gasteiger partial charge >= 0.3 is 5.97 Å². The van der Waals surface area contributed by atoms with E-state index in [0.29, 0.717) is 12.0 Å². The van der Waals surface area contributed by atoms with Crippen LogP contribution in [0.5, 0.6) is 5.75 Å². The molecule has 3 rings (SSSR count). The first-order chi connectivity index (χ1) is 17.7. The number of nitrogens with one attached hydrogen (secondary N) is 2. The van der Waals surface area contributed by atoms with Crippen molar-refractivity contribution in [3.8, 4) is 5.75 Å². The second kappa shape index (κ2) is 17.3. The minimum atomic E-state index is -1.20. The van der Waals surface area contributed by atoms with E-state index in [1.54, 1.807) is 12.1 Å². The zero-order valence-corrected chi connectivity index (χ0v) is 21.6. The topological polar surface area (TPSA) is 142 Å². The molecule has 2 atom stereocenters. The van der Waals surface area contributed by atoms with Crippen LogP contribution in [0.2, 0.25) is 0 Å². The van der Waals surface area contributed by atoms with Crippen LogP contribution in [0, 0.1) is 6.92 Å². The van der Waals surface area contributed by atoms with Crippen LogP contribution in [0.1, 0.15) is 30.5 Å². The third kappa shape index (κ3) is 12.9. The van der Waals surface area contributed by atoms with Gasteiger partial charge in [0.2, 0.25) is 11.8 Å². The minimum Gasteiger partial charge on any atom is -0.508 e. The molecule has 0 aliphatic heterocycles. The summed E-state index contributed by atoms with van der Waals surface area (Å²) in [7, 11) is 0. The van der Waals surface area contributed by atoms with Crippen LogP contribution in [0.4, 0.5) is 0 Å². The Morgan fingerprint density at radius 3 is 1.81 bits per heavy atom. The molecule has 2 amide bonds. The van der Waals surface area contributed by atoms with E-state index < -0.39 is 29.9 Å². The normalized spacial score (nSPS) is 11.4. The Kier molecular flexibility index (Phi) is 14.4. The fourth-order valence-electron chi connectivity index (χ4n) is 3.11. The monoisotopic (exact) mass is 507 g/mol. The van der Waals surface area contributed by atoms with Crippen LogP contribution in [0.3, 0.4) is 0 Å². The highest BCUT2D eigenvalue weighted by Gasteiger charge is 2.21. The van der Waals surface area contributed by atoms with Crippen LogP contribution in [-0.2, 0) is 27.2 Å². The quantitative estimate of drug-likeness (QED) is 0.301. The molecular weight excluding hydrogens is 470 g/mol. The number of rotatable bonds is 9. The van der Waals surface area contributed by atoms with Gasteiger partial charge in [0.15, 0.2) is 0 Å². The molecule has 2 unspecified atom stereocenters. The Morgan fingerprint density at radius 2 is 1.32 bits per heavy atom. The number of nitrogens with two attached hydrogens (primary N) is 1. The molecule has 0 aliphatic rings. The Labute approximate surface area is 218 Å². The van der Waals surface area contributed by atoms with Gasteiger partial charge in [0.1, 0.15) is 11.8 Å². The lowest BCUT2D eigenvalue weighted by Gasteiger charge is -2.16. The predicted molar refractivity (Wildman–Crippen MR) is 145 cm³/mol. The van der Waals surface area contributed by atoms with E-state index in [1.807, 2.05) is 62.4 Å². The third-order valence-corrected chi connectivity index (χ3v) is 5.01. The molecule has 0 fully saturated rings. The molecular formula is C29H37N3O5. The van der Waals surface area contributed by atoms with Crippen LogP contribution >= 0.6 is 0 Å². The number of phenols is 1. The summed E-state index contributed by atoms with van der Waals surface area (Å²) in [6.45, 7) is 5.71. The molecule has 0 heterocycles. The lowest BCUT2D eigenvalue weighted by molar-refractivity contribution is -0.141. The Balaban J connectivity index is 0.000000645. The van der Waals surface area contributed by atoms with Gasteiger partial charge in [-0.1, -0.05) is 92.2 Å². The van der Waals surface area contributed by atoms with Gasteiger partial charge < -0.3 is 26.6 Å². The number of aliphatic carboxylic acids is 1. The van der Waals surface area contributed by atoms with Gasteiger partial charge in [0.05, 0.1) is 12.6 Å². The molecule has 0 saturated heterocycles. The highest BCUT2D eigenvalue weighted by Crippen LogP contribution is 2.11. The predicted octanol–water partition coefficient (Wildman–Crippen LogP) is 3.21. The van der Waals surface area contributed by atoms with Crippen molar-refractivity contribution in [3.05, 3.63) is 102 Å². The van der Waals surface area contributed by atoms with Gasteiger partial charge in [0, 0.05) is 6.42 Å².